The average molecular weight is 639 g/mol. The maximum Gasteiger partial charge on any atom is 0.247 e. The summed E-state index contributed by atoms with van der Waals surface area (Å²) in [5, 5.41) is 13.8. The predicted octanol–water partition coefficient (Wildman–Crippen LogP) is 4.87. The summed E-state index contributed by atoms with van der Waals surface area (Å²) in [6, 6.07) is 11.7. The number of ether oxygens (including phenoxy) is 1. The SMILES string of the molecule is C=CC(=O)Nc1cc(Nc2ncc(Cl)c(Nc3ccccc3P(C)(C)=O)n2)c(OC)cc1N1CCC(N2CCNCC2)CC1. The molecule has 2 aromatic carbocycles. The molecule has 11 nitrogen and oxygen atoms in total. The minimum Gasteiger partial charge on any atom is -0.494 e. The van der Waals surface area contributed by atoms with Gasteiger partial charge in [0.25, 0.3) is 0 Å². The van der Waals surface area contributed by atoms with Crippen LogP contribution in [0.3, 0.4) is 0 Å². The second-order valence-electron chi connectivity index (χ2n) is 11.3. The number of benzene rings is 2. The Morgan fingerprint density at radius 1 is 1.09 bits per heavy atom. The third kappa shape index (κ3) is 7.53. The minimum absolute atomic E-state index is 0.259. The fourth-order valence-corrected chi connectivity index (χ4v) is 7.01. The maximum absolute atomic E-state index is 12.9. The van der Waals surface area contributed by atoms with E-state index in [1.165, 1.54) is 12.3 Å². The Hall–Kier alpha value is -3.63. The number of para-hydroxylation sites is 1. The van der Waals surface area contributed by atoms with Crippen molar-refractivity contribution in [2.45, 2.75) is 18.9 Å². The number of carbonyl (C=O) groups is 1. The number of methoxy groups -OCH3 is 1. The predicted molar refractivity (Wildman–Crippen MR) is 181 cm³/mol. The second-order valence-corrected chi connectivity index (χ2v) is 14.9. The van der Waals surface area contributed by atoms with E-state index in [0.29, 0.717) is 45.0 Å². The lowest BCUT2D eigenvalue weighted by atomic mass is 10.0. The van der Waals surface area contributed by atoms with Gasteiger partial charge in [-0.15, -0.1) is 0 Å². The molecule has 44 heavy (non-hydrogen) atoms. The van der Waals surface area contributed by atoms with Crippen molar-refractivity contribution in [2.75, 3.05) is 80.6 Å². The molecule has 2 aliphatic rings. The third-order valence-corrected chi connectivity index (χ3v) is 9.79. The van der Waals surface area contributed by atoms with Crippen LogP contribution in [0.2, 0.25) is 5.02 Å². The number of hydrogen-bond acceptors (Lipinski definition) is 10. The van der Waals surface area contributed by atoms with Gasteiger partial charge in [0.05, 0.1) is 36.1 Å². The number of hydrogen-bond donors (Lipinski definition) is 4. The quantitative estimate of drug-likeness (QED) is 0.181. The number of nitrogens with one attached hydrogen (secondary N) is 4. The van der Waals surface area contributed by atoms with Gasteiger partial charge in [0.1, 0.15) is 17.9 Å². The topological polar surface area (TPSA) is 124 Å². The highest BCUT2D eigenvalue weighted by molar-refractivity contribution is 7.70. The smallest absolute Gasteiger partial charge is 0.247 e. The number of halogens is 1. The van der Waals surface area contributed by atoms with Gasteiger partial charge in [-0.05, 0) is 50.4 Å². The Balaban J connectivity index is 1.41. The minimum atomic E-state index is -2.56. The number of carbonyl (C=O) groups excluding carboxylic acids is 1. The van der Waals surface area contributed by atoms with Crippen molar-refractivity contribution in [3.63, 3.8) is 0 Å². The van der Waals surface area contributed by atoms with Crippen molar-refractivity contribution < 1.29 is 14.1 Å². The van der Waals surface area contributed by atoms with Gasteiger partial charge in [0.15, 0.2) is 5.82 Å². The number of aromatic nitrogens is 2. The van der Waals surface area contributed by atoms with Crippen LogP contribution < -0.4 is 36.2 Å². The van der Waals surface area contributed by atoms with Gasteiger partial charge in [-0.3, -0.25) is 9.69 Å². The second kappa shape index (κ2) is 14.0. The van der Waals surface area contributed by atoms with Crippen molar-refractivity contribution in [1.29, 1.82) is 0 Å². The van der Waals surface area contributed by atoms with Crippen molar-refractivity contribution in [1.82, 2.24) is 20.2 Å². The largest absolute Gasteiger partial charge is 0.494 e. The van der Waals surface area contributed by atoms with Gasteiger partial charge < -0.3 is 35.5 Å². The molecule has 0 unspecified atom stereocenters. The highest BCUT2D eigenvalue weighted by Gasteiger charge is 2.28. The van der Waals surface area contributed by atoms with E-state index in [-0.39, 0.29) is 11.9 Å². The van der Waals surface area contributed by atoms with Gasteiger partial charge in [-0.25, -0.2) is 4.98 Å². The van der Waals surface area contributed by atoms with Gasteiger partial charge >= 0.3 is 0 Å². The Labute approximate surface area is 263 Å². The fraction of sp³-hybridized carbons (Fsp3) is 0.387. The van der Waals surface area contributed by atoms with Gasteiger partial charge in [-0.2, -0.15) is 4.98 Å². The Morgan fingerprint density at radius 3 is 2.50 bits per heavy atom. The summed E-state index contributed by atoms with van der Waals surface area (Å²) >= 11 is 6.46. The van der Waals surface area contributed by atoms with E-state index >= 15 is 0 Å². The van der Waals surface area contributed by atoms with Crippen LogP contribution in [0.4, 0.5) is 34.5 Å². The molecule has 0 bridgehead atoms. The van der Waals surface area contributed by atoms with Crippen molar-refractivity contribution in [2.24, 2.45) is 0 Å². The molecule has 0 radical (unpaired) electrons. The lowest BCUT2D eigenvalue weighted by Crippen LogP contribution is -2.52. The van der Waals surface area contributed by atoms with Gasteiger partial charge in [0, 0.05) is 56.7 Å². The van der Waals surface area contributed by atoms with E-state index in [1.54, 1.807) is 20.4 Å². The van der Waals surface area contributed by atoms with Crippen LogP contribution in [0.1, 0.15) is 12.8 Å². The first-order valence-electron chi connectivity index (χ1n) is 14.7. The van der Waals surface area contributed by atoms with Crippen LogP contribution >= 0.6 is 18.7 Å². The molecule has 2 fully saturated rings. The first-order valence-corrected chi connectivity index (χ1v) is 17.7. The van der Waals surface area contributed by atoms with Crippen molar-refractivity contribution in [3.8, 4) is 5.75 Å². The standard InChI is InChI=1S/C31H40ClN8O3P/c1-5-29(41)35-24-18-25(27(43-2)19-26(24)40-14-10-21(11-15-40)39-16-12-33-13-17-39)37-31-34-20-22(32)30(38-31)36-23-8-6-7-9-28(23)44(3,4)42/h5-9,18-21,33H,1,10-17H2,2-4H3,(H,35,41)(H2,34,36,37,38). The lowest BCUT2D eigenvalue weighted by Gasteiger charge is -2.41. The lowest BCUT2D eigenvalue weighted by molar-refractivity contribution is -0.111. The zero-order chi connectivity index (χ0) is 31.3. The number of anilines is 6. The van der Waals surface area contributed by atoms with Crippen LogP contribution in [0.15, 0.2) is 55.3 Å². The fourth-order valence-electron chi connectivity index (χ4n) is 5.71. The van der Waals surface area contributed by atoms with E-state index in [4.69, 9.17) is 16.3 Å². The molecule has 0 spiro atoms. The van der Waals surface area contributed by atoms with E-state index in [9.17, 15) is 9.36 Å². The van der Waals surface area contributed by atoms with Crippen LogP contribution in [0.5, 0.6) is 5.75 Å². The normalized spacial score (nSPS) is 16.3. The molecular formula is C31H40ClN8O3P. The first kappa shape index (κ1) is 31.8. The zero-order valence-electron chi connectivity index (χ0n) is 25.4. The molecule has 3 heterocycles. The molecule has 2 aliphatic heterocycles. The number of piperidine rings is 1. The molecule has 234 valence electrons. The first-order chi connectivity index (χ1) is 21.2. The molecule has 13 heteroatoms. The Bertz CT molecular complexity index is 1550. The summed E-state index contributed by atoms with van der Waals surface area (Å²) in [5.74, 6) is 0.870. The molecule has 0 saturated carbocycles. The average Bonchev–Trinajstić information content (AvgIpc) is 3.03. The highest BCUT2D eigenvalue weighted by Crippen LogP contribution is 2.41. The molecule has 2 saturated heterocycles. The summed E-state index contributed by atoms with van der Waals surface area (Å²) in [5.41, 5.74) is 2.72. The molecular weight excluding hydrogens is 599 g/mol. The molecule has 5 rings (SSSR count). The molecule has 3 aromatic rings. The molecule has 1 aromatic heterocycles. The molecule has 0 atom stereocenters. The number of piperazine rings is 1. The number of amides is 1. The van der Waals surface area contributed by atoms with Crippen LogP contribution in [-0.4, -0.2) is 86.5 Å². The van der Waals surface area contributed by atoms with Crippen LogP contribution in [-0.2, 0) is 9.36 Å². The molecule has 0 aliphatic carbocycles. The van der Waals surface area contributed by atoms with E-state index in [2.05, 4.69) is 47.6 Å². The highest BCUT2D eigenvalue weighted by atomic mass is 35.5. The maximum atomic E-state index is 12.9. The van der Waals surface area contributed by atoms with Gasteiger partial charge in [-0.1, -0.05) is 30.3 Å². The summed E-state index contributed by atoms with van der Waals surface area (Å²) in [6.45, 7) is 13.0. The molecule has 1 amide bonds. The zero-order valence-corrected chi connectivity index (χ0v) is 27.0. The van der Waals surface area contributed by atoms with Crippen molar-refractivity contribution >= 4 is 64.5 Å². The summed E-state index contributed by atoms with van der Waals surface area (Å²) < 4.78 is 18.7. The Kier molecular flexibility index (Phi) is 10.1. The summed E-state index contributed by atoms with van der Waals surface area (Å²) in [6.07, 6.45) is 4.82. The summed E-state index contributed by atoms with van der Waals surface area (Å²) in [7, 11) is -0.964. The van der Waals surface area contributed by atoms with Crippen LogP contribution in [0.25, 0.3) is 0 Å². The molecule has 4 N–H and O–H groups in total. The van der Waals surface area contributed by atoms with E-state index < -0.39 is 7.14 Å². The van der Waals surface area contributed by atoms with E-state index in [0.717, 1.165) is 57.8 Å². The third-order valence-electron chi connectivity index (χ3n) is 7.96. The van der Waals surface area contributed by atoms with Crippen molar-refractivity contribution in [3.05, 3.63) is 60.3 Å². The van der Waals surface area contributed by atoms with Gasteiger partial charge in [0.2, 0.25) is 11.9 Å². The van der Waals surface area contributed by atoms with E-state index in [1.807, 2.05) is 36.4 Å². The van der Waals surface area contributed by atoms with Crippen LogP contribution in [0, 0.1) is 0 Å². The monoisotopic (exact) mass is 638 g/mol. The number of nitrogens with zero attached hydrogens (tertiary/aromatic N) is 4. The summed E-state index contributed by atoms with van der Waals surface area (Å²) in [4.78, 5) is 26.3. The number of rotatable bonds is 10. The Morgan fingerprint density at radius 2 is 1.82 bits per heavy atom.